The number of rotatable bonds is 7. The molecule has 0 fully saturated rings. The number of carbonyl (C=O) groups excluding carboxylic acids is 1. The van der Waals surface area contributed by atoms with Crippen LogP contribution in [0.5, 0.6) is 11.5 Å². The molecule has 1 aromatic heterocycles. The smallest absolute Gasteiger partial charge is 0.256 e. The van der Waals surface area contributed by atoms with E-state index in [0.29, 0.717) is 29.6 Å². The Balaban J connectivity index is 1.65. The number of hydrogen-bond donors (Lipinski definition) is 2. The van der Waals surface area contributed by atoms with Gasteiger partial charge in [-0.05, 0) is 55.5 Å². The molecule has 0 atom stereocenters. The van der Waals surface area contributed by atoms with Crippen LogP contribution in [0.2, 0.25) is 0 Å². The highest BCUT2D eigenvalue weighted by Crippen LogP contribution is 2.26. The first-order valence-electron chi connectivity index (χ1n) is 8.47. The Kier molecular flexibility index (Phi) is 5.84. The molecule has 0 bridgehead atoms. The van der Waals surface area contributed by atoms with Crippen LogP contribution < -0.4 is 20.1 Å². The fraction of sp³-hybridized carbons (Fsp3) is 0.150. The van der Waals surface area contributed by atoms with E-state index in [4.69, 9.17) is 9.47 Å². The van der Waals surface area contributed by atoms with Gasteiger partial charge in [-0.15, -0.1) is 10.2 Å². The number of ether oxygens (including phenoxy) is 2. The zero-order valence-electron chi connectivity index (χ0n) is 15.1. The van der Waals surface area contributed by atoms with E-state index in [2.05, 4.69) is 20.8 Å². The number of hydrogen-bond acceptors (Lipinski definition) is 6. The first-order valence-corrected chi connectivity index (χ1v) is 8.47. The molecular weight excluding hydrogens is 344 g/mol. The number of carbonyl (C=O) groups is 1. The van der Waals surface area contributed by atoms with E-state index in [1.807, 2.05) is 31.2 Å². The summed E-state index contributed by atoms with van der Waals surface area (Å²) in [5, 5.41) is 14.0. The Labute approximate surface area is 157 Å². The van der Waals surface area contributed by atoms with Crippen LogP contribution in [0, 0.1) is 0 Å². The molecule has 0 aliphatic carbocycles. The Morgan fingerprint density at radius 3 is 2.33 bits per heavy atom. The van der Waals surface area contributed by atoms with Crippen molar-refractivity contribution in [1.29, 1.82) is 0 Å². The quantitative estimate of drug-likeness (QED) is 0.662. The number of methoxy groups -OCH3 is 1. The molecule has 0 saturated carbocycles. The van der Waals surface area contributed by atoms with Gasteiger partial charge >= 0.3 is 0 Å². The van der Waals surface area contributed by atoms with Crippen LogP contribution in [-0.4, -0.2) is 29.8 Å². The van der Waals surface area contributed by atoms with E-state index in [1.54, 1.807) is 43.5 Å². The number of aromatic nitrogens is 2. The maximum atomic E-state index is 12.3. The topological polar surface area (TPSA) is 85.4 Å². The van der Waals surface area contributed by atoms with Crippen LogP contribution >= 0.6 is 0 Å². The van der Waals surface area contributed by atoms with Gasteiger partial charge in [0.1, 0.15) is 11.5 Å². The molecule has 0 unspecified atom stereocenters. The minimum absolute atomic E-state index is 0.269. The lowest BCUT2D eigenvalue weighted by Crippen LogP contribution is -2.13. The minimum Gasteiger partial charge on any atom is -0.497 e. The molecule has 1 heterocycles. The van der Waals surface area contributed by atoms with Crippen LogP contribution in [-0.2, 0) is 0 Å². The van der Waals surface area contributed by atoms with Crippen LogP contribution in [0.3, 0.4) is 0 Å². The third kappa shape index (κ3) is 4.72. The fourth-order valence-corrected chi connectivity index (χ4v) is 2.39. The number of benzene rings is 2. The largest absolute Gasteiger partial charge is 0.497 e. The van der Waals surface area contributed by atoms with Gasteiger partial charge in [0.25, 0.3) is 5.91 Å². The molecule has 7 nitrogen and oxygen atoms in total. The van der Waals surface area contributed by atoms with Crippen LogP contribution in [0.1, 0.15) is 17.3 Å². The molecule has 2 aromatic carbocycles. The van der Waals surface area contributed by atoms with Crippen LogP contribution in [0.4, 0.5) is 17.3 Å². The van der Waals surface area contributed by atoms with Crippen LogP contribution in [0.25, 0.3) is 0 Å². The number of nitrogens with one attached hydrogen (secondary N) is 2. The Morgan fingerprint density at radius 1 is 0.963 bits per heavy atom. The molecule has 138 valence electrons. The van der Waals surface area contributed by atoms with Gasteiger partial charge in [0.05, 0.1) is 19.4 Å². The summed E-state index contributed by atoms with van der Waals surface area (Å²) >= 11 is 0. The lowest BCUT2D eigenvalue weighted by Gasteiger charge is -2.11. The van der Waals surface area contributed by atoms with Crippen molar-refractivity contribution in [3.8, 4) is 11.5 Å². The monoisotopic (exact) mass is 364 g/mol. The Bertz CT molecular complexity index is 896. The molecular formula is C20H20N4O3. The average molecular weight is 364 g/mol. The Hall–Kier alpha value is -3.61. The normalized spacial score (nSPS) is 10.1. The molecule has 2 N–H and O–H groups in total. The Morgan fingerprint density at radius 2 is 1.67 bits per heavy atom. The molecule has 1 amide bonds. The molecule has 0 radical (unpaired) electrons. The number of para-hydroxylation sites is 2. The predicted octanol–water partition coefficient (Wildman–Crippen LogP) is 3.88. The average Bonchev–Trinajstić information content (AvgIpc) is 2.71. The first kappa shape index (κ1) is 18.2. The second-order valence-electron chi connectivity index (χ2n) is 5.54. The summed E-state index contributed by atoms with van der Waals surface area (Å²) in [6.45, 7) is 2.50. The van der Waals surface area contributed by atoms with Crippen molar-refractivity contribution < 1.29 is 14.3 Å². The molecule has 0 aliphatic heterocycles. The van der Waals surface area contributed by atoms with Crippen molar-refractivity contribution in [3.63, 3.8) is 0 Å². The zero-order valence-corrected chi connectivity index (χ0v) is 15.1. The van der Waals surface area contributed by atoms with E-state index in [-0.39, 0.29) is 5.91 Å². The van der Waals surface area contributed by atoms with Crippen molar-refractivity contribution in [2.75, 3.05) is 24.4 Å². The zero-order chi connectivity index (χ0) is 19.1. The van der Waals surface area contributed by atoms with Crippen molar-refractivity contribution in [1.82, 2.24) is 10.2 Å². The summed E-state index contributed by atoms with van der Waals surface area (Å²) in [5.41, 5.74) is 1.30. The summed E-state index contributed by atoms with van der Waals surface area (Å²) in [6, 6.07) is 17.8. The van der Waals surface area contributed by atoms with E-state index >= 15 is 0 Å². The molecule has 3 rings (SSSR count). The minimum atomic E-state index is -0.269. The van der Waals surface area contributed by atoms with Gasteiger partial charge in [-0.25, -0.2) is 0 Å². The highest BCUT2D eigenvalue weighted by Gasteiger charge is 2.08. The predicted molar refractivity (Wildman–Crippen MR) is 104 cm³/mol. The number of amides is 1. The van der Waals surface area contributed by atoms with E-state index in [9.17, 15) is 4.79 Å². The van der Waals surface area contributed by atoms with Gasteiger partial charge < -0.3 is 20.1 Å². The van der Waals surface area contributed by atoms with E-state index < -0.39 is 0 Å². The molecule has 3 aromatic rings. The summed E-state index contributed by atoms with van der Waals surface area (Å²) in [6.07, 6.45) is 0. The van der Waals surface area contributed by atoms with Gasteiger partial charge in [0.2, 0.25) is 0 Å². The highest BCUT2D eigenvalue weighted by molar-refractivity contribution is 6.03. The molecule has 0 saturated heterocycles. The van der Waals surface area contributed by atoms with Crippen molar-refractivity contribution in [2.45, 2.75) is 6.92 Å². The molecule has 0 aliphatic rings. The standard InChI is InChI=1S/C20H20N4O3/c1-3-27-17-7-5-4-6-16(17)21-18-12-13-19(24-23-18)22-20(25)14-8-10-15(26-2)11-9-14/h4-13H,3H2,1-2H3,(H,21,23)(H,22,24,25). The highest BCUT2D eigenvalue weighted by atomic mass is 16.5. The summed E-state index contributed by atoms with van der Waals surface area (Å²) in [7, 11) is 1.58. The first-order chi connectivity index (χ1) is 13.2. The van der Waals surface area contributed by atoms with Gasteiger partial charge in [0.15, 0.2) is 11.6 Å². The SMILES string of the molecule is CCOc1ccccc1Nc1ccc(NC(=O)c2ccc(OC)cc2)nn1. The molecule has 7 heteroatoms. The second kappa shape index (κ2) is 8.66. The third-order valence-electron chi connectivity index (χ3n) is 3.71. The third-order valence-corrected chi connectivity index (χ3v) is 3.71. The lowest BCUT2D eigenvalue weighted by molar-refractivity contribution is 0.102. The van der Waals surface area contributed by atoms with E-state index in [1.165, 1.54) is 0 Å². The van der Waals surface area contributed by atoms with Gasteiger partial charge in [-0.1, -0.05) is 12.1 Å². The molecule has 27 heavy (non-hydrogen) atoms. The maximum Gasteiger partial charge on any atom is 0.256 e. The van der Waals surface area contributed by atoms with Crippen molar-refractivity contribution in [3.05, 3.63) is 66.2 Å². The molecule has 0 spiro atoms. The van der Waals surface area contributed by atoms with Gasteiger partial charge in [-0.3, -0.25) is 4.79 Å². The summed E-state index contributed by atoms with van der Waals surface area (Å²) < 4.78 is 10.7. The number of anilines is 3. The van der Waals surface area contributed by atoms with Gasteiger partial charge in [0, 0.05) is 5.56 Å². The lowest BCUT2D eigenvalue weighted by atomic mass is 10.2. The van der Waals surface area contributed by atoms with Crippen molar-refractivity contribution >= 4 is 23.2 Å². The second-order valence-corrected chi connectivity index (χ2v) is 5.54. The van der Waals surface area contributed by atoms with Gasteiger partial charge in [-0.2, -0.15) is 0 Å². The summed E-state index contributed by atoms with van der Waals surface area (Å²) in [5.74, 6) is 2.06. The number of nitrogens with zero attached hydrogens (tertiary/aromatic N) is 2. The van der Waals surface area contributed by atoms with Crippen LogP contribution in [0.15, 0.2) is 60.7 Å². The maximum absolute atomic E-state index is 12.3. The van der Waals surface area contributed by atoms with E-state index in [0.717, 1.165) is 11.4 Å². The fourth-order valence-electron chi connectivity index (χ4n) is 2.39. The summed E-state index contributed by atoms with van der Waals surface area (Å²) in [4.78, 5) is 12.3. The van der Waals surface area contributed by atoms with Crippen molar-refractivity contribution in [2.24, 2.45) is 0 Å².